The summed E-state index contributed by atoms with van der Waals surface area (Å²) in [6.45, 7) is 0. The van der Waals surface area contributed by atoms with E-state index in [1.54, 1.807) is 0 Å². The first kappa shape index (κ1) is 25.4. The first-order valence-electron chi connectivity index (χ1n) is 14.7. The Morgan fingerprint density at radius 2 is 1.16 bits per heavy atom. The maximum absolute atomic E-state index is 5.02. The molecule has 0 aliphatic carbocycles. The molecule has 0 fully saturated rings. The van der Waals surface area contributed by atoms with Gasteiger partial charge in [-0.15, -0.1) is 0 Å². The van der Waals surface area contributed by atoms with Gasteiger partial charge in [-0.25, -0.2) is 0 Å². The summed E-state index contributed by atoms with van der Waals surface area (Å²) in [6.07, 6.45) is 1.86. The zero-order valence-corrected chi connectivity index (χ0v) is 25.9. The van der Waals surface area contributed by atoms with E-state index >= 15 is 0 Å². The summed E-state index contributed by atoms with van der Waals surface area (Å²) < 4.78 is 6.74. The molecule has 44 heavy (non-hydrogen) atoms. The van der Waals surface area contributed by atoms with Crippen LogP contribution in [0.2, 0.25) is 0 Å². The molecule has 1 aliphatic rings. The van der Waals surface area contributed by atoms with Crippen LogP contribution in [0.25, 0.3) is 61.3 Å². The molecule has 0 bridgehead atoms. The Hall–Kier alpha value is -5.07. The van der Waals surface area contributed by atoms with Gasteiger partial charge in [0.15, 0.2) is 0 Å². The fraction of sp³-hybridized carbons (Fsp3) is 0. The van der Waals surface area contributed by atoms with Crippen LogP contribution in [0, 0.1) is 10.7 Å². The van der Waals surface area contributed by atoms with Crippen molar-refractivity contribution < 1.29 is 0 Å². The third-order valence-corrected chi connectivity index (χ3v) is 14.6. The Morgan fingerprint density at radius 1 is 0.477 bits per heavy atom. The molecule has 0 amide bonds. The van der Waals surface area contributed by atoms with Gasteiger partial charge in [-0.2, -0.15) is 0 Å². The topological polar surface area (TPSA) is 30.7 Å². The predicted octanol–water partition coefficient (Wildman–Crippen LogP) is 10.3. The number of rotatable bonds is 4. The van der Waals surface area contributed by atoms with Crippen LogP contribution in [0.1, 0.15) is 0 Å². The normalized spacial score (nSPS) is 12.9. The van der Waals surface area contributed by atoms with Crippen LogP contribution in [-0.4, -0.2) is 14.5 Å². The molecule has 0 radical (unpaired) electrons. The zero-order chi connectivity index (χ0) is 29.0. The monoisotopic (exact) mass is 675 g/mol. The molecule has 0 saturated heterocycles. The molecule has 0 unspecified atom stereocenters. The van der Waals surface area contributed by atoms with E-state index in [9.17, 15) is 0 Å². The molecule has 0 saturated carbocycles. The number of fused-ring (bicyclic) bond motifs is 6. The molecule has 2 aromatic heterocycles. The summed E-state index contributed by atoms with van der Waals surface area (Å²) in [5.74, 6) is 0.678. The van der Waals surface area contributed by atoms with E-state index in [1.807, 2.05) is 30.5 Å². The van der Waals surface area contributed by atoms with Crippen molar-refractivity contribution in [1.82, 2.24) is 14.5 Å². The van der Waals surface area contributed by atoms with Gasteiger partial charge in [-0.3, -0.25) is 0 Å². The third kappa shape index (κ3) is 4.02. The second-order valence-corrected chi connectivity index (χ2v) is 16.1. The van der Waals surface area contributed by atoms with Crippen LogP contribution < -0.4 is 0 Å². The average molecular weight is 676 g/mol. The Kier molecular flexibility index (Phi) is 5.94. The molecule has 208 valence electrons. The number of halogens is 1. The number of hydrogen-bond acceptors (Lipinski definition) is 2. The summed E-state index contributed by atoms with van der Waals surface area (Å²) in [5, 5.41) is 2.40. The minimum absolute atomic E-state index is 0.678. The minimum Gasteiger partial charge on any atom is -0.0616 e. The second-order valence-electron chi connectivity index (χ2n) is 10.9. The maximum Gasteiger partial charge on any atom is -0.0528 e. The van der Waals surface area contributed by atoms with E-state index in [0.29, 0.717) is 5.95 Å². The van der Waals surface area contributed by atoms with Crippen molar-refractivity contribution in [1.29, 1.82) is 0 Å². The number of hydrogen-bond donors (Lipinski definition) is 0. The van der Waals surface area contributed by atoms with Crippen LogP contribution >= 0.6 is 19.8 Å². The summed E-state index contributed by atoms with van der Waals surface area (Å²) >= 11 is -1.72. The van der Waals surface area contributed by atoms with Crippen molar-refractivity contribution in [2.45, 2.75) is 0 Å². The number of benzene rings is 6. The summed E-state index contributed by atoms with van der Waals surface area (Å²) in [6, 6.07) is 54.9. The largest absolute Gasteiger partial charge is 0.0616 e. The standard InChI is InChI=1S/C40H26IN3/c1-3-11-27(12-4-1)37-23-24-42-40(43-37)44-38-18-10-8-16-32(38)34-26-29(20-22-39(34)44)28-19-21-36-33(25-28)31-15-7-9-17-35(31)41(36)30-13-5-2-6-14-30/h1-26H. The van der Waals surface area contributed by atoms with Crippen LogP contribution in [0.3, 0.4) is 0 Å². The minimum atomic E-state index is -1.72. The van der Waals surface area contributed by atoms with Crippen molar-refractivity contribution in [3.63, 3.8) is 0 Å². The van der Waals surface area contributed by atoms with Crippen molar-refractivity contribution in [2.75, 3.05) is 0 Å². The molecular formula is C40H26IN3. The molecule has 0 N–H and O–H groups in total. The van der Waals surface area contributed by atoms with Gasteiger partial charge in [0, 0.05) is 5.56 Å². The van der Waals surface area contributed by atoms with E-state index < -0.39 is 19.8 Å². The van der Waals surface area contributed by atoms with Crippen molar-refractivity contribution >= 4 is 41.6 Å². The fourth-order valence-corrected chi connectivity index (χ4v) is 12.7. The fourth-order valence-electron chi connectivity index (χ4n) is 6.40. The van der Waals surface area contributed by atoms with Crippen LogP contribution in [0.5, 0.6) is 0 Å². The molecule has 6 aromatic carbocycles. The quantitative estimate of drug-likeness (QED) is 0.174. The third-order valence-electron chi connectivity index (χ3n) is 8.41. The second kappa shape index (κ2) is 10.3. The van der Waals surface area contributed by atoms with Crippen molar-refractivity contribution in [3.8, 4) is 39.5 Å². The van der Waals surface area contributed by atoms with Gasteiger partial charge < -0.3 is 0 Å². The molecule has 9 rings (SSSR count). The number of aromatic nitrogens is 3. The molecular weight excluding hydrogens is 649 g/mol. The summed E-state index contributed by atoms with van der Waals surface area (Å²) in [5.41, 5.74) is 9.43. The van der Waals surface area contributed by atoms with Gasteiger partial charge in [0.05, 0.1) is 0 Å². The van der Waals surface area contributed by atoms with Gasteiger partial charge in [0.2, 0.25) is 0 Å². The zero-order valence-electron chi connectivity index (χ0n) is 23.7. The number of nitrogens with zero attached hydrogens (tertiary/aromatic N) is 3. The van der Waals surface area contributed by atoms with Crippen LogP contribution in [-0.2, 0) is 0 Å². The van der Waals surface area contributed by atoms with E-state index in [1.165, 1.54) is 43.7 Å². The molecule has 3 nitrogen and oxygen atoms in total. The van der Waals surface area contributed by atoms with Gasteiger partial charge in [0.25, 0.3) is 0 Å². The van der Waals surface area contributed by atoms with E-state index in [0.717, 1.165) is 22.3 Å². The molecule has 0 spiro atoms. The van der Waals surface area contributed by atoms with Crippen LogP contribution in [0.4, 0.5) is 0 Å². The van der Waals surface area contributed by atoms with Gasteiger partial charge in [-0.1, -0.05) is 30.3 Å². The first-order valence-corrected chi connectivity index (χ1v) is 18.0. The predicted molar refractivity (Wildman–Crippen MR) is 189 cm³/mol. The maximum atomic E-state index is 5.02. The van der Waals surface area contributed by atoms with E-state index in [-0.39, 0.29) is 0 Å². The number of para-hydroxylation sites is 1. The Morgan fingerprint density at radius 3 is 2.05 bits per heavy atom. The molecule has 0 atom stereocenters. The summed E-state index contributed by atoms with van der Waals surface area (Å²) in [4.78, 5) is 9.75. The van der Waals surface area contributed by atoms with Crippen molar-refractivity contribution in [3.05, 3.63) is 169 Å². The Bertz CT molecular complexity index is 2340. The van der Waals surface area contributed by atoms with Gasteiger partial charge in [0.1, 0.15) is 0 Å². The van der Waals surface area contributed by atoms with Gasteiger partial charge in [-0.05, 0) is 6.07 Å². The average Bonchev–Trinajstić information content (AvgIpc) is 3.61. The summed E-state index contributed by atoms with van der Waals surface area (Å²) in [7, 11) is 0. The molecule has 3 heterocycles. The smallest absolute Gasteiger partial charge is 0.0528 e. The molecule has 8 aromatic rings. The molecule has 4 heteroatoms. The van der Waals surface area contributed by atoms with E-state index in [4.69, 9.17) is 9.97 Å². The first-order chi connectivity index (χ1) is 21.8. The van der Waals surface area contributed by atoms with E-state index in [2.05, 4.69) is 132 Å². The SMILES string of the molecule is c1ccc(-c2ccnc(-n3c4ccccc4c4cc(-c5ccc6c(c5)-c5ccccc5I6c5ccccc5)ccc43)n2)cc1. The van der Waals surface area contributed by atoms with Crippen LogP contribution in [0.15, 0.2) is 158 Å². The van der Waals surface area contributed by atoms with Gasteiger partial charge >= 0.3 is 222 Å². The Labute approximate surface area is 262 Å². The van der Waals surface area contributed by atoms with Crippen molar-refractivity contribution in [2.24, 2.45) is 0 Å². The Balaban J connectivity index is 1.19. The molecule has 1 aliphatic heterocycles.